The van der Waals surface area contributed by atoms with Gasteiger partial charge in [0, 0.05) is 12.1 Å². The van der Waals surface area contributed by atoms with E-state index in [2.05, 4.69) is 31.8 Å². The van der Waals surface area contributed by atoms with Gasteiger partial charge in [-0.05, 0) is 57.2 Å². The number of nitrogens with zero attached hydrogens (tertiary/aromatic N) is 2. The van der Waals surface area contributed by atoms with Gasteiger partial charge in [0.25, 0.3) is 5.91 Å². The number of thiazole rings is 1. The Balaban J connectivity index is 1.75. The van der Waals surface area contributed by atoms with E-state index in [9.17, 15) is 9.59 Å². The lowest BCUT2D eigenvalue weighted by Crippen LogP contribution is -2.37. The number of carbonyl (C=O) groups is 2. The van der Waals surface area contributed by atoms with Gasteiger partial charge in [-0.1, -0.05) is 18.2 Å². The number of fused-ring (bicyclic) bond motifs is 1. The Kier molecular flexibility index (Phi) is 3.74. The quantitative estimate of drug-likeness (QED) is 0.905. The second-order valence-electron chi connectivity index (χ2n) is 7.47. The molecule has 2 aliphatic rings. The molecule has 1 saturated heterocycles. The standard InChI is InChI=1S/C20H22N3O2S/c1-10-6-5-7-14(12(10)3)17-16(22-13(4)26-17)18(24)23-11(2)8-20(19(21)25)9-15(20)23/h5-7,11,15H,2,8-9H2,1,3-4H3,(H2,21,25)/t11-,15-,20+/m0/s1. The number of rotatable bonds is 3. The van der Waals surface area contributed by atoms with E-state index in [4.69, 9.17) is 5.73 Å². The fourth-order valence-electron chi connectivity index (χ4n) is 4.19. The maximum absolute atomic E-state index is 13.3. The van der Waals surface area contributed by atoms with E-state index in [0.717, 1.165) is 21.0 Å². The van der Waals surface area contributed by atoms with Crippen molar-refractivity contribution in [3.05, 3.63) is 47.0 Å². The number of likely N-dealkylation sites (tertiary alicyclic amines) is 1. The van der Waals surface area contributed by atoms with Crippen LogP contribution < -0.4 is 5.73 Å². The maximum Gasteiger partial charge on any atom is 0.274 e. The zero-order chi connectivity index (χ0) is 18.8. The largest absolute Gasteiger partial charge is 0.369 e. The first kappa shape index (κ1) is 17.2. The third-order valence-corrected chi connectivity index (χ3v) is 6.88. The molecule has 2 N–H and O–H groups in total. The highest BCUT2D eigenvalue weighted by Gasteiger charge is 2.68. The molecule has 6 heteroatoms. The number of aromatic nitrogens is 1. The fourth-order valence-corrected chi connectivity index (χ4v) is 5.18. The van der Waals surface area contributed by atoms with Crippen LogP contribution in [-0.4, -0.2) is 33.8 Å². The first-order chi connectivity index (χ1) is 12.3. The number of piperidine rings is 1. The minimum Gasteiger partial charge on any atom is -0.369 e. The number of hydrogen-bond donors (Lipinski definition) is 1. The molecule has 2 aromatic rings. The average molecular weight is 368 g/mol. The summed E-state index contributed by atoms with van der Waals surface area (Å²) >= 11 is 1.53. The molecule has 1 aliphatic carbocycles. The van der Waals surface area contributed by atoms with Crippen LogP contribution >= 0.6 is 11.3 Å². The molecule has 5 nitrogen and oxygen atoms in total. The maximum atomic E-state index is 13.3. The zero-order valence-corrected chi connectivity index (χ0v) is 16.0. The Bertz CT molecular complexity index is 935. The molecule has 1 saturated carbocycles. The van der Waals surface area contributed by atoms with Crippen molar-refractivity contribution in [1.82, 2.24) is 9.88 Å². The highest BCUT2D eigenvalue weighted by atomic mass is 32.1. The third-order valence-electron chi connectivity index (χ3n) is 5.88. The number of nitrogens with two attached hydrogens (primary N) is 1. The van der Waals surface area contributed by atoms with Crippen molar-refractivity contribution in [2.24, 2.45) is 11.1 Å². The smallest absolute Gasteiger partial charge is 0.274 e. The molecule has 0 bridgehead atoms. The van der Waals surface area contributed by atoms with Crippen molar-refractivity contribution in [3.8, 4) is 10.4 Å². The van der Waals surface area contributed by atoms with Crippen LogP contribution in [0.4, 0.5) is 0 Å². The van der Waals surface area contributed by atoms with Crippen molar-refractivity contribution in [3.63, 3.8) is 0 Å². The third kappa shape index (κ3) is 2.31. The molecular weight excluding hydrogens is 346 g/mol. The van der Waals surface area contributed by atoms with Gasteiger partial charge >= 0.3 is 0 Å². The van der Waals surface area contributed by atoms with Gasteiger partial charge in [-0.3, -0.25) is 9.59 Å². The summed E-state index contributed by atoms with van der Waals surface area (Å²) in [5.41, 5.74) is 8.83. The van der Waals surface area contributed by atoms with Crippen LogP contribution in [-0.2, 0) is 4.79 Å². The molecule has 135 valence electrons. The van der Waals surface area contributed by atoms with Crippen molar-refractivity contribution in [1.29, 1.82) is 0 Å². The van der Waals surface area contributed by atoms with E-state index >= 15 is 0 Å². The molecule has 2 heterocycles. The van der Waals surface area contributed by atoms with E-state index in [0.29, 0.717) is 18.5 Å². The minimum absolute atomic E-state index is 0.136. The Hall–Kier alpha value is -2.21. The van der Waals surface area contributed by atoms with Crippen molar-refractivity contribution in [2.45, 2.75) is 45.7 Å². The van der Waals surface area contributed by atoms with Gasteiger partial charge in [-0.25, -0.2) is 4.98 Å². The summed E-state index contributed by atoms with van der Waals surface area (Å²) in [5, 5.41) is 0.848. The lowest BCUT2D eigenvalue weighted by molar-refractivity contribution is -0.123. The molecular formula is C20H22N3O2S. The molecule has 0 unspecified atom stereocenters. The molecule has 1 radical (unpaired) electrons. The van der Waals surface area contributed by atoms with Gasteiger partial charge in [0.1, 0.15) is 5.69 Å². The number of aryl methyl sites for hydroxylation is 2. The SMILES string of the molecule is [CH2][C@H]1C[C@@]2(C(N)=O)C[C@@H]2N1C(=O)c1nc(C)sc1-c1cccc(C)c1C. The molecule has 2 amide bonds. The van der Waals surface area contributed by atoms with Crippen LogP contribution in [0.3, 0.4) is 0 Å². The van der Waals surface area contributed by atoms with Crippen molar-refractivity contribution < 1.29 is 9.59 Å². The second kappa shape index (κ2) is 5.64. The first-order valence-electron chi connectivity index (χ1n) is 8.76. The second-order valence-corrected chi connectivity index (χ2v) is 8.67. The van der Waals surface area contributed by atoms with Gasteiger partial charge in [-0.2, -0.15) is 0 Å². The van der Waals surface area contributed by atoms with Gasteiger partial charge in [0.15, 0.2) is 0 Å². The monoisotopic (exact) mass is 368 g/mol. The topological polar surface area (TPSA) is 76.3 Å². The van der Waals surface area contributed by atoms with Crippen LogP contribution in [0, 0.1) is 33.1 Å². The van der Waals surface area contributed by atoms with E-state index in [1.54, 1.807) is 4.90 Å². The summed E-state index contributed by atoms with van der Waals surface area (Å²) in [6.07, 6.45) is 1.18. The van der Waals surface area contributed by atoms with Crippen LogP contribution in [0.15, 0.2) is 18.2 Å². The first-order valence-corrected chi connectivity index (χ1v) is 9.57. The predicted molar refractivity (Wildman–Crippen MR) is 102 cm³/mol. The summed E-state index contributed by atoms with van der Waals surface area (Å²) in [6.45, 7) is 10.1. The summed E-state index contributed by atoms with van der Waals surface area (Å²) in [4.78, 5) is 32.3. The predicted octanol–water partition coefficient (Wildman–Crippen LogP) is 3.03. The van der Waals surface area contributed by atoms with E-state index in [-0.39, 0.29) is 23.9 Å². The Morgan fingerprint density at radius 1 is 1.31 bits per heavy atom. The zero-order valence-electron chi connectivity index (χ0n) is 15.2. The van der Waals surface area contributed by atoms with Gasteiger partial charge < -0.3 is 10.6 Å². The van der Waals surface area contributed by atoms with Crippen LogP contribution in [0.25, 0.3) is 10.4 Å². The van der Waals surface area contributed by atoms with E-state index in [1.807, 2.05) is 19.1 Å². The summed E-state index contributed by atoms with van der Waals surface area (Å²) in [5.74, 6) is -0.466. The molecule has 1 aliphatic heterocycles. The summed E-state index contributed by atoms with van der Waals surface area (Å²) in [6, 6.07) is 5.71. The molecule has 1 aromatic heterocycles. The molecule has 26 heavy (non-hydrogen) atoms. The normalized spacial score (nSPS) is 26.7. The van der Waals surface area contributed by atoms with E-state index < -0.39 is 5.41 Å². The molecule has 2 fully saturated rings. The highest BCUT2D eigenvalue weighted by Crippen LogP contribution is 2.59. The minimum atomic E-state index is -0.577. The Labute approximate surface area is 157 Å². The summed E-state index contributed by atoms with van der Waals surface area (Å²) in [7, 11) is 0. The number of primary amides is 1. The number of hydrogen-bond acceptors (Lipinski definition) is 4. The van der Waals surface area contributed by atoms with Crippen molar-refractivity contribution in [2.75, 3.05) is 0 Å². The lowest BCUT2D eigenvalue weighted by Gasteiger charge is -2.24. The number of benzene rings is 1. The van der Waals surface area contributed by atoms with Gasteiger partial charge in [-0.15, -0.1) is 11.3 Å². The van der Waals surface area contributed by atoms with Crippen LogP contribution in [0.2, 0.25) is 0 Å². The Morgan fingerprint density at radius 2 is 2.04 bits per heavy atom. The molecule has 3 atom stereocenters. The van der Waals surface area contributed by atoms with Gasteiger partial charge in [0.2, 0.25) is 5.91 Å². The Morgan fingerprint density at radius 3 is 2.69 bits per heavy atom. The van der Waals surface area contributed by atoms with Crippen LogP contribution in [0.5, 0.6) is 0 Å². The number of amides is 2. The lowest BCUT2D eigenvalue weighted by atomic mass is 10.00. The number of carbonyl (C=O) groups excluding carboxylic acids is 2. The molecule has 4 rings (SSSR count). The summed E-state index contributed by atoms with van der Waals surface area (Å²) < 4.78 is 0. The van der Waals surface area contributed by atoms with Crippen molar-refractivity contribution >= 4 is 23.2 Å². The molecule has 1 aromatic carbocycles. The highest BCUT2D eigenvalue weighted by molar-refractivity contribution is 7.15. The van der Waals surface area contributed by atoms with E-state index in [1.165, 1.54) is 16.9 Å². The van der Waals surface area contributed by atoms with Gasteiger partial charge in [0.05, 0.1) is 15.3 Å². The van der Waals surface area contributed by atoms with Crippen LogP contribution in [0.1, 0.15) is 39.5 Å². The average Bonchev–Trinajstić information content (AvgIpc) is 3.02. The molecule has 0 spiro atoms. The fraction of sp³-hybridized carbons (Fsp3) is 0.400.